The highest BCUT2D eigenvalue weighted by Crippen LogP contribution is 2.21. The number of methoxy groups -OCH3 is 1. The molecule has 8 heteroatoms. The summed E-state index contributed by atoms with van der Waals surface area (Å²) in [6.45, 7) is 5.34. The van der Waals surface area contributed by atoms with Gasteiger partial charge in [-0.25, -0.2) is 17.9 Å². The second-order valence-electron chi connectivity index (χ2n) is 4.76. The quantitative estimate of drug-likeness (QED) is 0.785. The first-order valence-electron chi connectivity index (χ1n) is 6.04. The van der Waals surface area contributed by atoms with Crippen LogP contribution < -0.4 is 4.72 Å². The van der Waals surface area contributed by atoms with Gasteiger partial charge in [-0.05, 0) is 12.8 Å². The molecule has 1 atom stereocenters. The van der Waals surface area contributed by atoms with Crippen LogP contribution in [0.25, 0.3) is 0 Å². The molecule has 114 valence electrons. The Labute approximate surface area is 118 Å². The SMILES string of the molecule is COCC(NS(=O)(=O)c1cc(C(=O)O)oc1C)C(C)C. The summed E-state index contributed by atoms with van der Waals surface area (Å²) in [6.07, 6.45) is 0. The van der Waals surface area contributed by atoms with E-state index in [0.29, 0.717) is 0 Å². The third-order valence-electron chi connectivity index (χ3n) is 2.83. The summed E-state index contributed by atoms with van der Waals surface area (Å²) in [5.41, 5.74) is 0. The lowest BCUT2D eigenvalue weighted by molar-refractivity contribution is 0.0661. The minimum Gasteiger partial charge on any atom is -0.475 e. The molecule has 0 radical (unpaired) electrons. The Morgan fingerprint density at radius 1 is 1.50 bits per heavy atom. The third-order valence-corrected chi connectivity index (χ3v) is 4.43. The predicted octanol–water partition coefficient (Wildman–Crippen LogP) is 1.24. The topological polar surface area (TPSA) is 106 Å². The monoisotopic (exact) mass is 305 g/mol. The van der Waals surface area contributed by atoms with E-state index in [1.807, 2.05) is 13.8 Å². The number of carboxylic acids is 1. The molecule has 1 rings (SSSR count). The molecule has 1 heterocycles. The van der Waals surface area contributed by atoms with Crippen LogP contribution in [0.3, 0.4) is 0 Å². The zero-order valence-corrected chi connectivity index (χ0v) is 12.7. The van der Waals surface area contributed by atoms with Crippen molar-refractivity contribution in [2.24, 2.45) is 5.92 Å². The molecule has 20 heavy (non-hydrogen) atoms. The number of aromatic carboxylic acids is 1. The Morgan fingerprint density at radius 2 is 2.10 bits per heavy atom. The van der Waals surface area contributed by atoms with Crippen molar-refractivity contribution < 1.29 is 27.5 Å². The van der Waals surface area contributed by atoms with Gasteiger partial charge in [0, 0.05) is 19.2 Å². The Bertz CT molecular complexity index is 575. The van der Waals surface area contributed by atoms with Crippen LogP contribution in [0.5, 0.6) is 0 Å². The lowest BCUT2D eigenvalue weighted by Crippen LogP contribution is -2.41. The van der Waals surface area contributed by atoms with Crippen LogP contribution in [0.4, 0.5) is 0 Å². The highest BCUT2D eigenvalue weighted by Gasteiger charge is 2.27. The minimum atomic E-state index is -3.86. The molecule has 0 aliphatic heterocycles. The van der Waals surface area contributed by atoms with Crippen molar-refractivity contribution in [2.45, 2.75) is 31.7 Å². The van der Waals surface area contributed by atoms with Gasteiger partial charge in [-0.15, -0.1) is 0 Å². The normalized spacial score (nSPS) is 13.7. The van der Waals surface area contributed by atoms with Crippen LogP contribution in [0, 0.1) is 12.8 Å². The molecule has 1 unspecified atom stereocenters. The number of sulfonamides is 1. The number of hydrogen-bond donors (Lipinski definition) is 2. The summed E-state index contributed by atoms with van der Waals surface area (Å²) < 4.78 is 36.9. The van der Waals surface area contributed by atoms with E-state index in [1.54, 1.807) is 0 Å². The van der Waals surface area contributed by atoms with E-state index in [2.05, 4.69) is 4.72 Å². The molecular weight excluding hydrogens is 286 g/mol. The molecular formula is C12H19NO6S. The van der Waals surface area contributed by atoms with Gasteiger partial charge >= 0.3 is 5.97 Å². The van der Waals surface area contributed by atoms with E-state index in [9.17, 15) is 13.2 Å². The number of hydrogen-bond acceptors (Lipinski definition) is 5. The fraction of sp³-hybridized carbons (Fsp3) is 0.583. The molecule has 0 aromatic carbocycles. The molecule has 0 aliphatic carbocycles. The molecule has 0 spiro atoms. The summed E-state index contributed by atoms with van der Waals surface area (Å²) in [5, 5.41) is 8.81. The second kappa shape index (κ2) is 6.38. The van der Waals surface area contributed by atoms with E-state index < -0.39 is 27.8 Å². The Balaban J connectivity index is 3.07. The number of furan rings is 1. The summed E-state index contributed by atoms with van der Waals surface area (Å²) >= 11 is 0. The molecule has 0 fully saturated rings. The molecule has 2 N–H and O–H groups in total. The summed E-state index contributed by atoms with van der Waals surface area (Å²) in [5.74, 6) is -1.66. The van der Waals surface area contributed by atoms with Crippen molar-refractivity contribution in [3.05, 3.63) is 17.6 Å². The average Bonchev–Trinajstić information content (AvgIpc) is 2.71. The fourth-order valence-corrected chi connectivity index (χ4v) is 3.19. The van der Waals surface area contributed by atoms with Gasteiger partial charge in [0.1, 0.15) is 10.7 Å². The summed E-state index contributed by atoms with van der Waals surface area (Å²) in [7, 11) is -2.38. The van der Waals surface area contributed by atoms with Gasteiger partial charge in [0.2, 0.25) is 15.8 Å². The number of aryl methyl sites for hydroxylation is 1. The first kappa shape index (κ1) is 16.7. The molecule has 0 bridgehead atoms. The fourth-order valence-electron chi connectivity index (χ4n) is 1.64. The second-order valence-corrected chi connectivity index (χ2v) is 6.45. The van der Waals surface area contributed by atoms with Gasteiger partial charge in [-0.2, -0.15) is 0 Å². The maximum absolute atomic E-state index is 12.3. The van der Waals surface area contributed by atoms with E-state index in [0.717, 1.165) is 6.07 Å². The number of rotatable bonds is 7. The molecule has 0 saturated heterocycles. The third kappa shape index (κ3) is 3.81. The molecule has 1 aromatic heterocycles. The van der Waals surface area contributed by atoms with Gasteiger partial charge in [0.25, 0.3) is 0 Å². The number of carboxylic acid groups (broad SMARTS) is 1. The van der Waals surface area contributed by atoms with E-state index in [1.165, 1.54) is 14.0 Å². The van der Waals surface area contributed by atoms with Crippen LogP contribution in [0.2, 0.25) is 0 Å². The van der Waals surface area contributed by atoms with Crippen molar-refractivity contribution in [3.63, 3.8) is 0 Å². The van der Waals surface area contributed by atoms with E-state index in [-0.39, 0.29) is 23.2 Å². The van der Waals surface area contributed by atoms with E-state index in [4.69, 9.17) is 14.3 Å². The minimum absolute atomic E-state index is 0.0240. The standard InChI is InChI=1S/C12H19NO6S/c1-7(2)9(6-18-4)13-20(16,17)11-5-10(12(14)15)19-8(11)3/h5,7,9,13H,6H2,1-4H3,(H,14,15). The number of carbonyl (C=O) groups is 1. The first-order valence-corrected chi connectivity index (χ1v) is 7.52. The first-order chi connectivity index (χ1) is 9.19. The molecule has 0 saturated carbocycles. The number of nitrogens with one attached hydrogen (secondary N) is 1. The molecule has 1 aromatic rings. The van der Waals surface area contributed by atoms with Gasteiger partial charge in [0.15, 0.2) is 0 Å². The van der Waals surface area contributed by atoms with Crippen LogP contribution >= 0.6 is 0 Å². The molecule has 0 amide bonds. The van der Waals surface area contributed by atoms with Crippen LogP contribution in [0.1, 0.15) is 30.2 Å². The maximum atomic E-state index is 12.3. The Morgan fingerprint density at radius 3 is 2.50 bits per heavy atom. The zero-order chi connectivity index (χ0) is 15.5. The Kier molecular flexibility index (Phi) is 5.32. The molecule has 0 aliphatic rings. The van der Waals surface area contributed by atoms with Crippen LogP contribution in [-0.4, -0.2) is 39.3 Å². The Hall–Kier alpha value is -1.38. The van der Waals surface area contributed by atoms with Crippen LogP contribution in [0.15, 0.2) is 15.4 Å². The highest BCUT2D eigenvalue weighted by molar-refractivity contribution is 7.89. The lowest BCUT2D eigenvalue weighted by Gasteiger charge is -2.21. The van der Waals surface area contributed by atoms with Gasteiger partial charge < -0.3 is 14.3 Å². The van der Waals surface area contributed by atoms with E-state index >= 15 is 0 Å². The van der Waals surface area contributed by atoms with Crippen molar-refractivity contribution in [2.75, 3.05) is 13.7 Å². The van der Waals surface area contributed by atoms with Crippen molar-refractivity contribution in [1.82, 2.24) is 4.72 Å². The predicted molar refractivity (Wildman–Crippen MR) is 71.2 cm³/mol. The zero-order valence-electron chi connectivity index (χ0n) is 11.8. The largest absolute Gasteiger partial charge is 0.475 e. The van der Waals surface area contributed by atoms with Crippen LogP contribution in [-0.2, 0) is 14.8 Å². The highest BCUT2D eigenvalue weighted by atomic mass is 32.2. The average molecular weight is 305 g/mol. The van der Waals surface area contributed by atoms with Crippen molar-refractivity contribution >= 4 is 16.0 Å². The lowest BCUT2D eigenvalue weighted by atomic mass is 10.1. The maximum Gasteiger partial charge on any atom is 0.371 e. The van der Waals surface area contributed by atoms with Crippen molar-refractivity contribution in [3.8, 4) is 0 Å². The molecule has 7 nitrogen and oxygen atoms in total. The van der Waals surface area contributed by atoms with Gasteiger partial charge in [-0.1, -0.05) is 13.8 Å². The smallest absolute Gasteiger partial charge is 0.371 e. The number of ether oxygens (including phenoxy) is 1. The van der Waals surface area contributed by atoms with Gasteiger partial charge in [0.05, 0.1) is 6.61 Å². The van der Waals surface area contributed by atoms with Gasteiger partial charge in [-0.3, -0.25) is 0 Å². The summed E-state index contributed by atoms with van der Waals surface area (Å²) in [4.78, 5) is 10.6. The van der Waals surface area contributed by atoms with Crippen molar-refractivity contribution in [1.29, 1.82) is 0 Å². The summed E-state index contributed by atoms with van der Waals surface area (Å²) in [6, 6.07) is 0.595.